The van der Waals surface area contributed by atoms with E-state index >= 15 is 0 Å². The van der Waals surface area contributed by atoms with Gasteiger partial charge in [0.15, 0.2) is 0 Å². The zero-order valence-corrected chi connectivity index (χ0v) is 14.5. The van der Waals surface area contributed by atoms with E-state index in [1.807, 2.05) is 49.4 Å². The highest BCUT2D eigenvalue weighted by Crippen LogP contribution is 2.22. The average molecular weight is 338 g/mol. The van der Waals surface area contributed by atoms with E-state index in [9.17, 15) is 4.79 Å². The standard InChI is InChI=1S/C20H22N2O3/c1-4-11-15-16(12-9-7-8-10-13-21-17(15)5-2)18-14-19(25-22-18)20(23)24-6-3/h4-5,7-13,19H,2,6,14H2,1,3H3/b8-7?,9-7?,10-8?,11-4-,12-9?,13-10?,16-12?,16-15?,17-15?,21-13?,21-17?. The molecule has 0 saturated heterocycles. The summed E-state index contributed by atoms with van der Waals surface area (Å²) in [5.74, 6) is -0.404. The lowest BCUT2D eigenvalue weighted by molar-refractivity contribution is -0.154. The number of esters is 1. The van der Waals surface area contributed by atoms with Crippen molar-refractivity contribution in [1.82, 2.24) is 4.98 Å². The minimum Gasteiger partial charge on any atom is -0.463 e. The van der Waals surface area contributed by atoms with Crippen molar-refractivity contribution in [1.29, 1.82) is 0 Å². The molecule has 0 amide bonds. The second kappa shape index (κ2) is 9.37. The molecule has 130 valence electrons. The lowest BCUT2D eigenvalue weighted by atomic mass is 9.99. The van der Waals surface area contributed by atoms with Gasteiger partial charge < -0.3 is 9.57 Å². The van der Waals surface area contributed by atoms with Gasteiger partial charge >= 0.3 is 5.97 Å². The summed E-state index contributed by atoms with van der Waals surface area (Å²) in [5, 5.41) is 4.11. The van der Waals surface area contributed by atoms with Gasteiger partial charge in [-0.25, -0.2) is 4.79 Å². The highest BCUT2D eigenvalue weighted by atomic mass is 16.7. The molecule has 0 aliphatic carbocycles. The van der Waals surface area contributed by atoms with Gasteiger partial charge in [0.1, 0.15) is 0 Å². The number of hydrogen-bond donors (Lipinski definition) is 0. The van der Waals surface area contributed by atoms with Crippen LogP contribution in [-0.2, 0) is 14.4 Å². The smallest absolute Gasteiger partial charge is 0.350 e. The molecule has 1 atom stereocenters. The largest absolute Gasteiger partial charge is 0.463 e. The van der Waals surface area contributed by atoms with Crippen LogP contribution < -0.4 is 0 Å². The molecule has 5 nitrogen and oxygen atoms in total. The molecule has 1 aromatic heterocycles. The maximum Gasteiger partial charge on any atom is 0.350 e. The maximum absolute atomic E-state index is 11.9. The summed E-state index contributed by atoms with van der Waals surface area (Å²) >= 11 is 0. The molecular weight excluding hydrogens is 316 g/mol. The second-order valence-corrected chi connectivity index (χ2v) is 5.22. The number of ether oxygens (including phenoxy) is 1. The van der Waals surface area contributed by atoms with Crippen LogP contribution in [0.5, 0.6) is 0 Å². The van der Waals surface area contributed by atoms with Gasteiger partial charge in [-0.2, -0.15) is 0 Å². The van der Waals surface area contributed by atoms with E-state index in [1.54, 1.807) is 19.2 Å². The van der Waals surface area contributed by atoms with Crippen molar-refractivity contribution in [3.63, 3.8) is 0 Å². The Morgan fingerprint density at radius 1 is 1.40 bits per heavy atom. The molecule has 0 aromatic carbocycles. The van der Waals surface area contributed by atoms with Crippen molar-refractivity contribution < 1.29 is 14.4 Å². The van der Waals surface area contributed by atoms with Gasteiger partial charge in [-0.3, -0.25) is 4.98 Å². The zero-order chi connectivity index (χ0) is 18.1. The Hall–Kier alpha value is -2.95. The average Bonchev–Trinajstić information content (AvgIpc) is 3.10. The van der Waals surface area contributed by atoms with Gasteiger partial charge in [0.2, 0.25) is 6.10 Å². The number of aromatic nitrogens is 1. The van der Waals surface area contributed by atoms with Crippen molar-refractivity contribution in [2.45, 2.75) is 26.4 Å². The van der Waals surface area contributed by atoms with E-state index < -0.39 is 12.1 Å². The maximum atomic E-state index is 11.9. The molecule has 1 aromatic rings. The van der Waals surface area contributed by atoms with Crippen molar-refractivity contribution in [3.8, 4) is 0 Å². The number of carbonyl (C=O) groups is 1. The Labute approximate surface area is 148 Å². The Morgan fingerprint density at radius 3 is 2.92 bits per heavy atom. The molecule has 25 heavy (non-hydrogen) atoms. The van der Waals surface area contributed by atoms with Crippen molar-refractivity contribution in [2.24, 2.45) is 5.16 Å². The molecule has 2 rings (SSSR count). The quantitative estimate of drug-likeness (QED) is 0.763. The lowest BCUT2D eigenvalue weighted by Crippen LogP contribution is -2.23. The normalized spacial score (nSPS) is 15.9. The van der Waals surface area contributed by atoms with E-state index in [0.29, 0.717) is 24.4 Å². The number of hydrogen-bond acceptors (Lipinski definition) is 5. The Kier molecular flexibility index (Phi) is 6.89. The first-order valence-electron chi connectivity index (χ1n) is 8.18. The van der Waals surface area contributed by atoms with Gasteiger partial charge in [0, 0.05) is 23.7 Å². The molecule has 0 spiro atoms. The van der Waals surface area contributed by atoms with Crippen LogP contribution in [0.3, 0.4) is 0 Å². The van der Waals surface area contributed by atoms with Crippen molar-refractivity contribution in [2.75, 3.05) is 6.61 Å². The third kappa shape index (κ3) is 4.76. The Bertz CT molecular complexity index is 752. The number of rotatable bonds is 5. The molecule has 5 heteroatoms. The van der Waals surface area contributed by atoms with Crippen LogP contribution in [0.4, 0.5) is 0 Å². The Balaban J connectivity index is 2.53. The van der Waals surface area contributed by atoms with Crippen LogP contribution in [0.2, 0.25) is 0 Å². The highest BCUT2D eigenvalue weighted by Gasteiger charge is 2.30. The molecule has 0 bridgehead atoms. The Morgan fingerprint density at radius 2 is 2.20 bits per heavy atom. The zero-order valence-electron chi connectivity index (χ0n) is 14.5. The van der Waals surface area contributed by atoms with E-state index in [2.05, 4.69) is 16.7 Å². The molecular formula is C20H22N2O3. The fourth-order valence-corrected chi connectivity index (χ4v) is 2.40. The summed E-state index contributed by atoms with van der Waals surface area (Å²) < 4.78 is 5.01. The van der Waals surface area contributed by atoms with E-state index in [4.69, 9.17) is 9.57 Å². The van der Waals surface area contributed by atoms with E-state index in [1.165, 1.54) is 0 Å². The molecule has 1 aliphatic rings. The minimum absolute atomic E-state index is 0.310. The summed E-state index contributed by atoms with van der Waals surface area (Å²) in [5.41, 5.74) is 3.09. The van der Waals surface area contributed by atoms with Gasteiger partial charge in [-0.15, -0.1) is 0 Å². The molecule has 0 radical (unpaired) electrons. The van der Waals surface area contributed by atoms with E-state index in [-0.39, 0.29) is 0 Å². The number of carbonyl (C=O) groups excluding carboxylic acids is 1. The van der Waals surface area contributed by atoms with Crippen LogP contribution in [0.25, 0.3) is 12.2 Å². The monoisotopic (exact) mass is 338 g/mol. The molecule has 2 heterocycles. The number of allylic oxidation sites excluding steroid dienone is 1. The van der Waals surface area contributed by atoms with Crippen LogP contribution in [0, 0.1) is 0 Å². The predicted octanol–water partition coefficient (Wildman–Crippen LogP) is 3.94. The second-order valence-electron chi connectivity index (χ2n) is 5.22. The third-order valence-corrected chi connectivity index (χ3v) is 3.52. The van der Waals surface area contributed by atoms with Gasteiger partial charge in [0.25, 0.3) is 0 Å². The topological polar surface area (TPSA) is 60.8 Å². The van der Waals surface area contributed by atoms with Crippen LogP contribution >= 0.6 is 0 Å². The molecule has 1 unspecified atom stereocenters. The summed E-state index contributed by atoms with van der Waals surface area (Å²) in [6.45, 7) is 7.85. The number of oxime groups is 1. The van der Waals surface area contributed by atoms with Crippen LogP contribution in [0.1, 0.15) is 37.1 Å². The van der Waals surface area contributed by atoms with Crippen molar-refractivity contribution in [3.05, 3.63) is 66.0 Å². The molecule has 0 fully saturated rings. The predicted molar refractivity (Wildman–Crippen MR) is 99.3 cm³/mol. The molecule has 0 saturated carbocycles. The summed E-state index contributed by atoms with van der Waals surface area (Å²) in [6.07, 6.45) is 6.91. The van der Waals surface area contributed by atoms with Gasteiger partial charge in [0.05, 0.1) is 18.0 Å². The van der Waals surface area contributed by atoms with Gasteiger partial charge in [-0.05, 0) is 26.0 Å². The minimum atomic E-state index is -0.710. The van der Waals surface area contributed by atoms with Crippen LogP contribution in [0.15, 0.2) is 54.3 Å². The molecule has 1 aliphatic heterocycles. The van der Waals surface area contributed by atoms with E-state index in [0.717, 1.165) is 11.1 Å². The van der Waals surface area contributed by atoms with Crippen LogP contribution in [-0.4, -0.2) is 29.4 Å². The highest BCUT2D eigenvalue weighted by molar-refractivity contribution is 6.06. The SMILES string of the molecule is C=Cc1nccccccc(C2=NOC(C(=O)OCC)C2)c1/C=C\C. The first kappa shape index (κ1) is 18.4. The summed E-state index contributed by atoms with van der Waals surface area (Å²) in [4.78, 5) is 21.6. The lowest BCUT2D eigenvalue weighted by Gasteiger charge is -2.07. The fraction of sp³-hybridized carbons (Fsp3) is 0.250. The van der Waals surface area contributed by atoms with Gasteiger partial charge in [-0.1, -0.05) is 48.2 Å². The summed E-state index contributed by atoms with van der Waals surface area (Å²) in [6, 6.07) is 9.47. The first-order valence-corrected chi connectivity index (χ1v) is 8.18. The third-order valence-electron chi connectivity index (χ3n) is 3.52. The van der Waals surface area contributed by atoms with Crippen molar-refractivity contribution >= 4 is 23.8 Å². The first-order chi connectivity index (χ1) is 12.2. The number of nitrogens with zero attached hydrogens (tertiary/aromatic N) is 2. The molecule has 0 N–H and O–H groups in total. The summed E-state index contributed by atoms with van der Waals surface area (Å²) in [7, 11) is 0. The fourth-order valence-electron chi connectivity index (χ4n) is 2.40.